The van der Waals surface area contributed by atoms with Gasteiger partial charge >= 0.3 is 5.97 Å². The average molecular weight is 334 g/mol. The Morgan fingerprint density at radius 1 is 1.25 bits per heavy atom. The molecule has 0 unspecified atom stereocenters. The van der Waals surface area contributed by atoms with Crippen LogP contribution in [0.4, 0.5) is 5.69 Å². The van der Waals surface area contributed by atoms with Crippen LogP contribution in [0.3, 0.4) is 0 Å². The average Bonchev–Trinajstić information content (AvgIpc) is 2.41. The van der Waals surface area contributed by atoms with Gasteiger partial charge in [0.25, 0.3) is 0 Å². The molecule has 20 heavy (non-hydrogen) atoms. The zero-order chi connectivity index (χ0) is 14.7. The lowest BCUT2D eigenvalue weighted by Gasteiger charge is -2.12. The van der Waals surface area contributed by atoms with Crippen LogP contribution < -0.4 is 5.32 Å². The molecule has 0 radical (unpaired) electrons. The number of aryl methyl sites for hydroxylation is 1. The second-order valence-corrected chi connectivity index (χ2v) is 5.57. The van der Waals surface area contributed by atoms with Gasteiger partial charge in [0, 0.05) is 16.7 Å². The molecule has 0 amide bonds. The number of nitrogens with one attached hydrogen (secondary N) is 1. The molecule has 0 atom stereocenters. The summed E-state index contributed by atoms with van der Waals surface area (Å²) in [6, 6.07) is 11.4. The SMILES string of the molecule is Cc1ccc(CNc2cccc(C(=O)O)c2C)cc1Br. The number of carboxylic acids is 1. The minimum atomic E-state index is -0.899. The van der Waals surface area contributed by atoms with Crippen LogP contribution in [-0.2, 0) is 6.54 Å². The first-order valence-electron chi connectivity index (χ1n) is 6.31. The van der Waals surface area contributed by atoms with Gasteiger partial charge in [-0.3, -0.25) is 0 Å². The van der Waals surface area contributed by atoms with Gasteiger partial charge in [-0.1, -0.05) is 34.1 Å². The fourth-order valence-electron chi connectivity index (χ4n) is 2.00. The van der Waals surface area contributed by atoms with Crippen LogP contribution in [0.2, 0.25) is 0 Å². The van der Waals surface area contributed by atoms with Gasteiger partial charge < -0.3 is 10.4 Å². The molecule has 0 aromatic heterocycles. The van der Waals surface area contributed by atoms with E-state index in [0.717, 1.165) is 21.3 Å². The Kier molecular flexibility index (Phi) is 4.45. The van der Waals surface area contributed by atoms with Gasteiger partial charge in [0.05, 0.1) is 5.56 Å². The van der Waals surface area contributed by atoms with E-state index in [2.05, 4.69) is 39.4 Å². The number of carbonyl (C=O) groups is 1. The molecule has 3 nitrogen and oxygen atoms in total. The van der Waals surface area contributed by atoms with Crippen LogP contribution in [0.25, 0.3) is 0 Å². The largest absolute Gasteiger partial charge is 0.478 e. The van der Waals surface area contributed by atoms with Crippen molar-refractivity contribution in [2.24, 2.45) is 0 Å². The summed E-state index contributed by atoms with van der Waals surface area (Å²) in [7, 11) is 0. The van der Waals surface area contributed by atoms with Gasteiger partial charge in [-0.2, -0.15) is 0 Å². The molecule has 4 heteroatoms. The van der Waals surface area contributed by atoms with E-state index in [1.165, 1.54) is 5.56 Å². The Morgan fingerprint density at radius 3 is 2.65 bits per heavy atom. The molecular formula is C16H16BrNO2. The highest BCUT2D eigenvalue weighted by Crippen LogP contribution is 2.21. The second kappa shape index (κ2) is 6.09. The van der Waals surface area contributed by atoms with Gasteiger partial charge in [0.15, 0.2) is 0 Å². The lowest BCUT2D eigenvalue weighted by atomic mass is 10.1. The summed E-state index contributed by atoms with van der Waals surface area (Å²) < 4.78 is 1.08. The van der Waals surface area contributed by atoms with Crippen LogP contribution in [0.15, 0.2) is 40.9 Å². The molecule has 104 valence electrons. The van der Waals surface area contributed by atoms with E-state index in [0.29, 0.717) is 12.1 Å². The summed E-state index contributed by atoms with van der Waals surface area (Å²) in [5.74, 6) is -0.899. The lowest BCUT2D eigenvalue weighted by Crippen LogP contribution is -2.05. The van der Waals surface area contributed by atoms with Crippen LogP contribution in [0.5, 0.6) is 0 Å². The summed E-state index contributed by atoms with van der Waals surface area (Å²) in [5.41, 5.74) is 4.27. The van der Waals surface area contributed by atoms with Crippen LogP contribution in [0.1, 0.15) is 27.0 Å². The molecular weight excluding hydrogens is 318 g/mol. The first-order chi connectivity index (χ1) is 9.49. The molecule has 0 saturated heterocycles. The Labute approximate surface area is 126 Å². The number of aromatic carboxylic acids is 1. The molecule has 0 spiro atoms. The van der Waals surface area contributed by atoms with E-state index in [1.54, 1.807) is 12.1 Å². The van der Waals surface area contributed by atoms with E-state index < -0.39 is 5.97 Å². The second-order valence-electron chi connectivity index (χ2n) is 4.72. The number of hydrogen-bond acceptors (Lipinski definition) is 2. The van der Waals surface area contributed by atoms with Crippen molar-refractivity contribution in [1.82, 2.24) is 0 Å². The molecule has 2 aromatic carbocycles. The normalized spacial score (nSPS) is 10.3. The first-order valence-corrected chi connectivity index (χ1v) is 7.10. The number of rotatable bonds is 4. The maximum atomic E-state index is 11.1. The Balaban J connectivity index is 2.17. The lowest BCUT2D eigenvalue weighted by molar-refractivity contribution is 0.0696. The smallest absolute Gasteiger partial charge is 0.336 e. The molecule has 0 aliphatic carbocycles. The summed E-state index contributed by atoms with van der Waals surface area (Å²) in [5, 5.41) is 12.4. The van der Waals surface area contributed by atoms with Crippen LogP contribution in [0, 0.1) is 13.8 Å². The van der Waals surface area contributed by atoms with Crippen molar-refractivity contribution in [1.29, 1.82) is 0 Å². The Morgan fingerprint density at radius 2 is 2.00 bits per heavy atom. The van der Waals surface area contributed by atoms with E-state index in [9.17, 15) is 4.79 Å². The molecule has 0 heterocycles. The van der Waals surface area contributed by atoms with Gasteiger partial charge in [0.1, 0.15) is 0 Å². The van der Waals surface area contributed by atoms with Crippen molar-refractivity contribution in [3.63, 3.8) is 0 Å². The zero-order valence-electron chi connectivity index (χ0n) is 11.4. The van der Waals surface area contributed by atoms with Gasteiger partial charge in [-0.25, -0.2) is 4.79 Å². The minimum absolute atomic E-state index is 0.333. The van der Waals surface area contributed by atoms with Gasteiger partial charge in [-0.05, 0) is 48.7 Å². The standard InChI is InChI=1S/C16H16BrNO2/c1-10-6-7-12(8-14(10)17)9-18-15-5-3-4-13(11(15)2)16(19)20/h3-8,18H,9H2,1-2H3,(H,19,20). The number of anilines is 1. The number of benzene rings is 2. The van der Waals surface area contributed by atoms with Crippen molar-refractivity contribution in [3.8, 4) is 0 Å². The van der Waals surface area contributed by atoms with E-state index in [4.69, 9.17) is 5.11 Å². The van der Waals surface area contributed by atoms with Gasteiger partial charge in [0.2, 0.25) is 0 Å². The number of halogens is 1. The molecule has 0 aliphatic rings. The predicted octanol–water partition coefficient (Wildman–Crippen LogP) is 4.38. The predicted molar refractivity (Wildman–Crippen MR) is 84.3 cm³/mol. The molecule has 0 bridgehead atoms. The fourth-order valence-corrected chi connectivity index (χ4v) is 2.43. The monoisotopic (exact) mass is 333 g/mol. The molecule has 0 aliphatic heterocycles. The topological polar surface area (TPSA) is 49.3 Å². The summed E-state index contributed by atoms with van der Waals surface area (Å²) in [6.45, 7) is 4.52. The number of carboxylic acid groups (broad SMARTS) is 1. The minimum Gasteiger partial charge on any atom is -0.478 e. The fraction of sp³-hybridized carbons (Fsp3) is 0.188. The third kappa shape index (κ3) is 3.20. The first kappa shape index (κ1) is 14.6. The Hall–Kier alpha value is -1.81. The van der Waals surface area contributed by atoms with E-state index >= 15 is 0 Å². The zero-order valence-corrected chi connectivity index (χ0v) is 13.0. The highest BCUT2D eigenvalue weighted by Gasteiger charge is 2.09. The van der Waals surface area contributed by atoms with Crippen LogP contribution >= 0.6 is 15.9 Å². The summed E-state index contributed by atoms with van der Waals surface area (Å²) >= 11 is 3.51. The summed E-state index contributed by atoms with van der Waals surface area (Å²) in [6.07, 6.45) is 0. The quantitative estimate of drug-likeness (QED) is 0.873. The van der Waals surface area contributed by atoms with Gasteiger partial charge in [-0.15, -0.1) is 0 Å². The van der Waals surface area contributed by atoms with Crippen molar-refractivity contribution in [2.45, 2.75) is 20.4 Å². The molecule has 2 rings (SSSR count). The highest BCUT2D eigenvalue weighted by molar-refractivity contribution is 9.10. The van der Waals surface area contributed by atoms with Crippen molar-refractivity contribution in [3.05, 3.63) is 63.1 Å². The van der Waals surface area contributed by atoms with Crippen molar-refractivity contribution >= 4 is 27.6 Å². The summed E-state index contributed by atoms with van der Waals surface area (Å²) in [4.78, 5) is 11.1. The number of hydrogen-bond donors (Lipinski definition) is 2. The Bertz CT molecular complexity index is 653. The van der Waals surface area contributed by atoms with Crippen LogP contribution in [-0.4, -0.2) is 11.1 Å². The molecule has 0 saturated carbocycles. The maximum absolute atomic E-state index is 11.1. The van der Waals surface area contributed by atoms with Crippen molar-refractivity contribution in [2.75, 3.05) is 5.32 Å². The van der Waals surface area contributed by atoms with Crippen molar-refractivity contribution < 1.29 is 9.90 Å². The molecule has 2 N–H and O–H groups in total. The van der Waals surface area contributed by atoms with E-state index in [1.807, 2.05) is 19.9 Å². The molecule has 2 aromatic rings. The maximum Gasteiger partial charge on any atom is 0.336 e. The highest BCUT2D eigenvalue weighted by atomic mass is 79.9. The third-order valence-corrected chi connectivity index (χ3v) is 4.14. The third-order valence-electron chi connectivity index (χ3n) is 3.28. The van der Waals surface area contributed by atoms with E-state index in [-0.39, 0.29) is 0 Å². The molecule has 0 fully saturated rings.